The number of fused-ring (bicyclic) bond motifs is 1. The highest BCUT2D eigenvalue weighted by atomic mass is 35.5. The lowest BCUT2D eigenvalue weighted by Gasteiger charge is -2.35. The van der Waals surface area contributed by atoms with Crippen molar-refractivity contribution in [2.45, 2.75) is 38.8 Å². The molecule has 38 heavy (non-hydrogen) atoms. The number of amides is 4. The van der Waals surface area contributed by atoms with Crippen molar-refractivity contribution in [1.82, 2.24) is 15.5 Å². The fraction of sp³-hybridized carbons (Fsp3) is 0.429. The van der Waals surface area contributed by atoms with Crippen molar-refractivity contribution in [1.29, 1.82) is 0 Å². The molecule has 10 heteroatoms. The normalized spacial score (nSPS) is 25.8. The summed E-state index contributed by atoms with van der Waals surface area (Å²) in [5, 5.41) is 6.67. The van der Waals surface area contributed by atoms with Crippen LogP contribution in [0.4, 0.5) is 16.2 Å². The SMILES string of the molecule is CC1(C)[C@@H]2[C@@H](C(=O)N[C@H](C=O)C[C@@H]3CCNC3=O)N(C(=O)N(c3ccc(Cl)cc3)c3ccc(Cl)cc3)C[C@@H]21. The zero-order valence-corrected chi connectivity index (χ0v) is 22.7. The highest BCUT2D eigenvalue weighted by Crippen LogP contribution is 2.65. The summed E-state index contributed by atoms with van der Waals surface area (Å²) < 4.78 is 0. The van der Waals surface area contributed by atoms with Crippen molar-refractivity contribution < 1.29 is 19.2 Å². The number of carbonyl (C=O) groups excluding carboxylic acids is 4. The van der Waals surface area contributed by atoms with Gasteiger partial charge < -0.3 is 20.3 Å². The van der Waals surface area contributed by atoms with Gasteiger partial charge in [-0.1, -0.05) is 37.0 Å². The lowest BCUT2D eigenvalue weighted by molar-refractivity contribution is -0.129. The Morgan fingerprint density at radius 2 is 1.68 bits per heavy atom. The Morgan fingerprint density at radius 3 is 2.18 bits per heavy atom. The summed E-state index contributed by atoms with van der Waals surface area (Å²) in [6.45, 7) is 5.18. The molecule has 0 spiro atoms. The van der Waals surface area contributed by atoms with Crippen LogP contribution in [0.15, 0.2) is 48.5 Å². The molecule has 1 saturated carbocycles. The molecule has 2 aliphatic heterocycles. The summed E-state index contributed by atoms with van der Waals surface area (Å²) in [4.78, 5) is 54.9. The molecular weight excluding hydrogens is 527 g/mol. The first kappa shape index (κ1) is 26.5. The number of piperidine rings is 1. The Bertz CT molecular complexity index is 1210. The maximum Gasteiger partial charge on any atom is 0.329 e. The van der Waals surface area contributed by atoms with Crippen LogP contribution in [0.1, 0.15) is 26.7 Å². The first-order chi connectivity index (χ1) is 18.1. The molecule has 0 bridgehead atoms. The standard InChI is InChI=1S/C28H30Cl2N4O4/c1-28(2)22-14-33(24(23(22)28)26(37)32-19(15-35)13-16-11-12-31-25(16)36)27(38)34(20-7-3-17(29)4-8-20)21-9-5-18(30)6-10-21/h3-10,15-16,19,22-24H,11-14H2,1-2H3,(H,31,36)(H,32,37)/t16-,19-,22-,23-,24-/m0/s1. The topological polar surface area (TPSA) is 98.8 Å². The van der Waals surface area contributed by atoms with Gasteiger partial charge in [0.15, 0.2) is 0 Å². The number of carbonyl (C=O) groups is 4. The average molecular weight is 557 g/mol. The number of benzene rings is 2. The zero-order chi connectivity index (χ0) is 27.2. The number of rotatable bonds is 7. The molecule has 3 fully saturated rings. The third kappa shape index (κ3) is 4.87. The fourth-order valence-electron chi connectivity index (χ4n) is 6.06. The summed E-state index contributed by atoms with van der Waals surface area (Å²) in [6.07, 6.45) is 1.54. The second-order valence-corrected chi connectivity index (χ2v) is 11.8. The van der Waals surface area contributed by atoms with E-state index in [2.05, 4.69) is 24.5 Å². The van der Waals surface area contributed by atoms with E-state index < -0.39 is 12.1 Å². The lowest BCUT2D eigenvalue weighted by atomic mass is 9.97. The van der Waals surface area contributed by atoms with Gasteiger partial charge in [0.1, 0.15) is 12.3 Å². The molecule has 2 N–H and O–H groups in total. The number of urea groups is 1. The Labute approximate surface area is 231 Å². The number of anilines is 2. The van der Waals surface area contributed by atoms with Crippen LogP contribution in [0, 0.1) is 23.2 Å². The van der Waals surface area contributed by atoms with Crippen molar-refractivity contribution in [3.63, 3.8) is 0 Å². The molecule has 4 amide bonds. The van der Waals surface area contributed by atoms with Gasteiger partial charge in [-0.15, -0.1) is 0 Å². The summed E-state index contributed by atoms with van der Waals surface area (Å²) in [5.74, 6) is -0.671. The van der Waals surface area contributed by atoms with Crippen LogP contribution in [-0.2, 0) is 14.4 Å². The summed E-state index contributed by atoms with van der Waals surface area (Å²) in [7, 11) is 0. The molecule has 2 aromatic carbocycles. The van der Waals surface area contributed by atoms with E-state index in [0.29, 0.717) is 47.2 Å². The Kier molecular flexibility index (Phi) is 7.13. The molecule has 5 atom stereocenters. The average Bonchev–Trinajstić information content (AvgIpc) is 3.24. The van der Waals surface area contributed by atoms with Gasteiger partial charge in [-0.25, -0.2) is 4.79 Å². The summed E-state index contributed by atoms with van der Waals surface area (Å²) in [6, 6.07) is 11.9. The maximum absolute atomic E-state index is 14.2. The summed E-state index contributed by atoms with van der Waals surface area (Å²) >= 11 is 12.2. The number of halogens is 2. The number of nitrogens with zero attached hydrogens (tertiary/aromatic N) is 2. The van der Waals surface area contributed by atoms with Crippen LogP contribution >= 0.6 is 23.2 Å². The second-order valence-electron chi connectivity index (χ2n) is 10.9. The van der Waals surface area contributed by atoms with E-state index >= 15 is 0 Å². The molecule has 2 saturated heterocycles. The van der Waals surface area contributed by atoms with E-state index in [1.54, 1.807) is 58.3 Å². The van der Waals surface area contributed by atoms with Crippen LogP contribution in [-0.4, -0.2) is 54.2 Å². The number of nitrogens with one attached hydrogen (secondary N) is 2. The van der Waals surface area contributed by atoms with Crippen molar-refractivity contribution in [2.75, 3.05) is 18.0 Å². The Balaban J connectivity index is 1.42. The first-order valence-electron chi connectivity index (χ1n) is 12.8. The minimum atomic E-state index is -0.808. The molecule has 2 aromatic rings. The van der Waals surface area contributed by atoms with E-state index in [-0.39, 0.29) is 47.4 Å². The van der Waals surface area contributed by atoms with Crippen molar-refractivity contribution >= 4 is 58.7 Å². The predicted molar refractivity (Wildman–Crippen MR) is 145 cm³/mol. The minimum absolute atomic E-state index is 0.0363. The molecule has 1 aliphatic carbocycles. The Hall–Kier alpha value is -3.10. The van der Waals surface area contributed by atoms with E-state index in [0.717, 1.165) is 0 Å². The number of hydrogen-bond acceptors (Lipinski definition) is 4. The second kappa shape index (κ2) is 10.2. The highest BCUT2D eigenvalue weighted by molar-refractivity contribution is 6.31. The van der Waals surface area contributed by atoms with Gasteiger partial charge in [-0.2, -0.15) is 0 Å². The van der Waals surface area contributed by atoms with Gasteiger partial charge in [0, 0.05) is 29.1 Å². The van der Waals surface area contributed by atoms with Crippen molar-refractivity contribution in [3.8, 4) is 0 Å². The lowest BCUT2D eigenvalue weighted by Crippen LogP contribution is -2.55. The monoisotopic (exact) mass is 556 g/mol. The molecule has 3 aliphatic rings. The molecule has 200 valence electrons. The minimum Gasteiger partial charge on any atom is -0.356 e. The van der Waals surface area contributed by atoms with Crippen LogP contribution in [0.3, 0.4) is 0 Å². The van der Waals surface area contributed by atoms with E-state index in [1.807, 2.05) is 0 Å². The summed E-state index contributed by atoms with van der Waals surface area (Å²) in [5.41, 5.74) is 1.09. The van der Waals surface area contributed by atoms with Gasteiger partial charge in [0.25, 0.3) is 0 Å². The highest BCUT2D eigenvalue weighted by Gasteiger charge is 2.69. The van der Waals surface area contributed by atoms with Crippen LogP contribution < -0.4 is 15.5 Å². The third-order valence-corrected chi connectivity index (χ3v) is 8.78. The number of hydrogen-bond donors (Lipinski definition) is 2. The molecule has 2 heterocycles. The number of aldehydes is 1. The van der Waals surface area contributed by atoms with Crippen molar-refractivity contribution in [2.24, 2.45) is 23.2 Å². The largest absolute Gasteiger partial charge is 0.356 e. The smallest absolute Gasteiger partial charge is 0.329 e. The van der Waals surface area contributed by atoms with Crippen LogP contribution in [0.2, 0.25) is 10.0 Å². The van der Waals surface area contributed by atoms with E-state index in [4.69, 9.17) is 23.2 Å². The first-order valence-corrected chi connectivity index (χ1v) is 13.5. The molecule has 5 rings (SSSR count). The third-order valence-electron chi connectivity index (χ3n) is 8.28. The van der Waals surface area contributed by atoms with E-state index in [1.165, 1.54) is 0 Å². The Morgan fingerprint density at radius 1 is 1.11 bits per heavy atom. The fourth-order valence-corrected chi connectivity index (χ4v) is 6.31. The van der Waals surface area contributed by atoms with Crippen LogP contribution in [0.5, 0.6) is 0 Å². The van der Waals surface area contributed by atoms with E-state index in [9.17, 15) is 19.2 Å². The molecule has 0 radical (unpaired) electrons. The van der Waals surface area contributed by atoms with Crippen molar-refractivity contribution in [3.05, 3.63) is 58.6 Å². The van der Waals surface area contributed by atoms with Gasteiger partial charge in [-0.3, -0.25) is 14.5 Å². The zero-order valence-electron chi connectivity index (χ0n) is 21.2. The van der Waals surface area contributed by atoms with Gasteiger partial charge in [-0.05, 0) is 78.6 Å². The van der Waals surface area contributed by atoms with Gasteiger partial charge in [0.05, 0.1) is 17.4 Å². The molecule has 0 unspecified atom stereocenters. The maximum atomic E-state index is 14.2. The van der Waals surface area contributed by atoms with Gasteiger partial charge >= 0.3 is 6.03 Å². The number of likely N-dealkylation sites (tertiary alicyclic amines) is 1. The molecular formula is C28H30Cl2N4O4. The predicted octanol–water partition coefficient (Wildman–Crippen LogP) is 4.42. The molecule has 0 aromatic heterocycles. The van der Waals surface area contributed by atoms with Crippen LogP contribution in [0.25, 0.3) is 0 Å². The quantitative estimate of drug-likeness (QED) is 0.493. The molecule has 8 nitrogen and oxygen atoms in total. The van der Waals surface area contributed by atoms with Gasteiger partial charge in [0.2, 0.25) is 11.8 Å².